The molecule has 3 nitrogen and oxygen atoms in total. The van der Waals surface area contributed by atoms with Crippen LogP contribution in [0.15, 0.2) is 48.7 Å². The average Bonchev–Trinajstić information content (AvgIpc) is 3.28. The van der Waals surface area contributed by atoms with Crippen LogP contribution in [0, 0.1) is 0 Å². The lowest BCUT2D eigenvalue weighted by Crippen LogP contribution is -2.40. The number of Topliss-reactive ketones (excluding diaryl/α,β-unsaturated/α-hetero) is 1. The predicted octanol–water partition coefficient (Wildman–Crippen LogP) is 5.70. The van der Waals surface area contributed by atoms with E-state index in [9.17, 15) is 4.79 Å². The number of imidazole rings is 1. The maximum atomic E-state index is 12.9. The number of rotatable bonds is 5. The summed E-state index contributed by atoms with van der Waals surface area (Å²) in [5.74, 6) is 1.77. The smallest absolute Gasteiger partial charge is 0.257 e. The summed E-state index contributed by atoms with van der Waals surface area (Å²) in [5, 5.41) is 1.09. The van der Waals surface area contributed by atoms with Crippen molar-refractivity contribution in [1.82, 2.24) is 4.57 Å². The van der Waals surface area contributed by atoms with Crippen LogP contribution in [-0.4, -0.2) is 10.4 Å². The van der Waals surface area contributed by atoms with E-state index in [0.29, 0.717) is 22.5 Å². The minimum Gasteiger partial charge on any atom is -0.290 e. The van der Waals surface area contributed by atoms with E-state index in [0.717, 1.165) is 36.2 Å². The largest absolute Gasteiger partial charge is 0.290 e. The summed E-state index contributed by atoms with van der Waals surface area (Å²) < 4.78 is 4.37. The highest BCUT2D eigenvalue weighted by molar-refractivity contribution is 6.42. The van der Waals surface area contributed by atoms with Gasteiger partial charge >= 0.3 is 0 Å². The molecule has 0 radical (unpaired) electrons. The van der Waals surface area contributed by atoms with Crippen molar-refractivity contribution >= 4 is 29.0 Å². The fourth-order valence-corrected chi connectivity index (χ4v) is 4.13. The number of halogens is 2. The van der Waals surface area contributed by atoms with E-state index < -0.39 is 0 Å². The second kappa shape index (κ2) is 7.73. The molecule has 2 aromatic carbocycles. The highest BCUT2D eigenvalue weighted by Gasteiger charge is 2.30. The number of hydrogen-bond donors (Lipinski definition) is 0. The van der Waals surface area contributed by atoms with Crippen molar-refractivity contribution in [2.45, 2.75) is 45.7 Å². The van der Waals surface area contributed by atoms with Gasteiger partial charge in [-0.3, -0.25) is 4.79 Å². The Hall–Kier alpha value is -2.10. The zero-order valence-corrected chi connectivity index (χ0v) is 17.6. The fraction of sp³-hybridized carbons (Fsp3) is 0.304. The van der Waals surface area contributed by atoms with Crippen LogP contribution in [0.3, 0.4) is 0 Å². The molecule has 0 fully saturated rings. The van der Waals surface area contributed by atoms with Crippen LogP contribution in [-0.2, 0) is 19.5 Å². The van der Waals surface area contributed by atoms with Crippen molar-refractivity contribution in [3.8, 4) is 11.3 Å². The number of carbonyl (C=O) groups excluding carboxylic acids is 1. The number of benzene rings is 2. The predicted molar refractivity (Wildman–Crippen MR) is 113 cm³/mol. The van der Waals surface area contributed by atoms with Crippen LogP contribution in [0.25, 0.3) is 11.3 Å². The summed E-state index contributed by atoms with van der Waals surface area (Å²) in [6, 6.07) is 13.7. The third-order valence-electron chi connectivity index (χ3n) is 5.42. The zero-order chi connectivity index (χ0) is 19.8. The van der Waals surface area contributed by atoms with Gasteiger partial charge in [0, 0.05) is 11.1 Å². The summed E-state index contributed by atoms with van der Waals surface area (Å²) in [4.78, 5) is 12.9. The lowest BCUT2D eigenvalue weighted by molar-refractivity contribution is -0.689. The van der Waals surface area contributed by atoms with E-state index in [1.165, 1.54) is 11.4 Å². The third-order valence-corrected chi connectivity index (χ3v) is 6.16. The topological polar surface area (TPSA) is 25.9 Å². The van der Waals surface area contributed by atoms with Gasteiger partial charge < -0.3 is 0 Å². The summed E-state index contributed by atoms with van der Waals surface area (Å²) in [7, 11) is 0. The van der Waals surface area contributed by atoms with Crippen LogP contribution in [0.2, 0.25) is 10.0 Å². The van der Waals surface area contributed by atoms with Crippen molar-refractivity contribution in [1.29, 1.82) is 0 Å². The van der Waals surface area contributed by atoms with Gasteiger partial charge in [-0.05, 0) is 36.1 Å². The van der Waals surface area contributed by atoms with Gasteiger partial charge in [-0.15, -0.1) is 0 Å². The van der Waals surface area contributed by atoms with Gasteiger partial charge in [0.1, 0.15) is 6.20 Å². The van der Waals surface area contributed by atoms with Crippen LogP contribution in [0.4, 0.5) is 0 Å². The zero-order valence-electron chi connectivity index (χ0n) is 16.1. The Morgan fingerprint density at radius 1 is 1.11 bits per heavy atom. The Morgan fingerprint density at radius 2 is 1.86 bits per heavy atom. The summed E-state index contributed by atoms with van der Waals surface area (Å²) >= 11 is 12.3. The number of ketones is 1. The minimum atomic E-state index is 0.126. The number of aromatic nitrogens is 2. The molecule has 0 saturated heterocycles. The van der Waals surface area contributed by atoms with E-state index in [4.69, 9.17) is 23.2 Å². The van der Waals surface area contributed by atoms with Gasteiger partial charge in [-0.2, -0.15) is 0 Å². The van der Waals surface area contributed by atoms with E-state index in [2.05, 4.69) is 29.2 Å². The molecule has 1 aliphatic rings. The summed E-state index contributed by atoms with van der Waals surface area (Å²) in [5.41, 5.74) is 4.10. The van der Waals surface area contributed by atoms with E-state index in [1.807, 2.05) is 42.5 Å². The Bertz CT molecular complexity index is 1040. The van der Waals surface area contributed by atoms with Gasteiger partial charge in [0.2, 0.25) is 5.78 Å². The summed E-state index contributed by atoms with van der Waals surface area (Å²) in [6.07, 6.45) is 4.12. The lowest BCUT2D eigenvalue weighted by atomic mass is 10.0. The SMILES string of the molecule is CC(C)c1ccc(C(=O)C[n+]2cc(-c3ccc(Cl)c(Cl)c3)n3c2CCC3)cc1. The van der Waals surface area contributed by atoms with Crippen molar-refractivity contribution < 1.29 is 9.36 Å². The van der Waals surface area contributed by atoms with Crippen LogP contribution in [0.1, 0.15) is 47.9 Å². The average molecular weight is 414 g/mol. The highest BCUT2D eigenvalue weighted by atomic mass is 35.5. The molecule has 0 unspecified atom stereocenters. The molecule has 0 aliphatic carbocycles. The Labute approximate surface area is 175 Å². The van der Waals surface area contributed by atoms with Crippen LogP contribution < -0.4 is 4.57 Å². The standard InChI is InChI=1S/C23H23Cl2N2O/c1-15(2)16-5-7-17(8-6-16)22(28)14-26-13-21(27-11-3-4-23(26)27)18-9-10-19(24)20(25)12-18/h5-10,12-13,15H,3-4,11,14H2,1-2H3/q+1. The molecule has 28 heavy (non-hydrogen) atoms. The molecule has 144 valence electrons. The van der Waals surface area contributed by atoms with E-state index in [1.54, 1.807) is 0 Å². The molecule has 0 bridgehead atoms. The molecule has 0 spiro atoms. The molecule has 0 N–H and O–H groups in total. The van der Waals surface area contributed by atoms with Gasteiger partial charge in [0.25, 0.3) is 5.82 Å². The first kappa shape index (κ1) is 19.2. The summed E-state index contributed by atoms with van der Waals surface area (Å²) in [6.45, 7) is 5.61. The maximum absolute atomic E-state index is 12.9. The molecule has 4 rings (SSSR count). The molecule has 0 amide bonds. The molecule has 0 saturated carbocycles. The number of fused-ring (bicyclic) bond motifs is 1. The maximum Gasteiger partial charge on any atom is 0.257 e. The molecular weight excluding hydrogens is 391 g/mol. The fourth-order valence-electron chi connectivity index (χ4n) is 3.83. The second-order valence-corrected chi connectivity index (χ2v) is 8.46. The highest BCUT2D eigenvalue weighted by Crippen LogP contribution is 2.30. The quantitative estimate of drug-likeness (QED) is 0.388. The van der Waals surface area contributed by atoms with E-state index in [-0.39, 0.29) is 5.78 Å². The normalized spacial score (nSPS) is 13.2. The first-order chi connectivity index (χ1) is 13.4. The van der Waals surface area contributed by atoms with Crippen molar-refractivity contribution in [3.63, 3.8) is 0 Å². The Kier molecular flexibility index (Phi) is 5.31. The van der Waals surface area contributed by atoms with Crippen molar-refractivity contribution in [2.75, 3.05) is 0 Å². The molecule has 3 aromatic rings. The minimum absolute atomic E-state index is 0.126. The third kappa shape index (κ3) is 3.61. The molecule has 0 atom stereocenters. The number of carbonyl (C=O) groups is 1. The molecule has 5 heteroatoms. The van der Waals surface area contributed by atoms with Crippen molar-refractivity contribution in [3.05, 3.63) is 75.7 Å². The van der Waals surface area contributed by atoms with Gasteiger partial charge in [-0.25, -0.2) is 9.13 Å². The molecular formula is C23H23Cl2N2O+. The second-order valence-electron chi connectivity index (χ2n) is 7.64. The van der Waals surface area contributed by atoms with Crippen LogP contribution in [0.5, 0.6) is 0 Å². The molecule has 2 heterocycles. The first-order valence-corrected chi connectivity index (χ1v) is 10.4. The molecule has 1 aromatic heterocycles. The van der Waals surface area contributed by atoms with Gasteiger partial charge in [0.15, 0.2) is 12.2 Å². The van der Waals surface area contributed by atoms with Crippen LogP contribution >= 0.6 is 23.2 Å². The Morgan fingerprint density at radius 3 is 2.54 bits per heavy atom. The lowest BCUT2D eigenvalue weighted by Gasteiger charge is -2.06. The van der Waals surface area contributed by atoms with Gasteiger partial charge in [0.05, 0.1) is 23.0 Å². The van der Waals surface area contributed by atoms with E-state index >= 15 is 0 Å². The Balaban J connectivity index is 1.63. The van der Waals surface area contributed by atoms with Crippen molar-refractivity contribution in [2.24, 2.45) is 0 Å². The first-order valence-electron chi connectivity index (χ1n) is 9.64. The number of nitrogens with zero attached hydrogens (tertiary/aromatic N) is 2. The monoisotopic (exact) mass is 413 g/mol. The molecule has 1 aliphatic heterocycles. The number of hydrogen-bond acceptors (Lipinski definition) is 1. The van der Waals surface area contributed by atoms with Gasteiger partial charge in [-0.1, -0.05) is 61.3 Å².